The number of benzene rings is 1. The van der Waals surface area contributed by atoms with Gasteiger partial charge in [0.25, 0.3) is 0 Å². The molecule has 16 heavy (non-hydrogen) atoms. The molecule has 0 atom stereocenters. The van der Waals surface area contributed by atoms with Crippen molar-refractivity contribution >= 4 is 0 Å². The van der Waals surface area contributed by atoms with Gasteiger partial charge in [-0.2, -0.15) is 0 Å². The molecular formula is C14H14F2. The molecule has 1 fully saturated rings. The molecule has 1 aromatic carbocycles. The minimum absolute atomic E-state index is 0.125. The molecule has 0 amide bonds. The first-order valence-corrected chi connectivity index (χ1v) is 5.62. The van der Waals surface area contributed by atoms with E-state index in [1.807, 2.05) is 0 Å². The van der Waals surface area contributed by atoms with Crippen LogP contribution in [0.4, 0.5) is 8.78 Å². The van der Waals surface area contributed by atoms with Crippen LogP contribution in [0.2, 0.25) is 0 Å². The number of halogens is 2. The third-order valence-electron chi connectivity index (χ3n) is 3.38. The Labute approximate surface area is 94.7 Å². The topological polar surface area (TPSA) is 0 Å². The quantitative estimate of drug-likeness (QED) is 0.630. The zero-order chi connectivity index (χ0) is 11.5. The fraction of sp³-hybridized carbons (Fsp3) is 0.429. The van der Waals surface area contributed by atoms with Gasteiger partial charge in [0, 0.05) is 5.92 Å². The van der Waals surface area contributed by atoms with Gasteiger partial charge in [0.2, 0.25) is 0 Å². The molecular weight excluding hydrogens is 206 g/mol. The maximum atomic E-state index is 13.5. The molecule has 0 saturated heterocycles. The van der Waals surface area contributed by atoms with Crippen LogP contribution in [0.1, 0.15) is 37.2 Å². The highest BCUT2D eigenvalue weighted by atomic mass is 19.2. The number of terminal acetylenes is 1. The van der Waals surface area contributed by atoms with E-state index < -0.39 is 11.6 Å². The molecule has 1 aromatic rings. The second kappa shape index (κ2) is 4.65. The molecule has 0 spiro atoms. The molecule has 1 aliphatic rings. The molecule has 0 unspecified atom stereocenters. The lowest BCUT2D eigenvalue weighted by molar-refractivity contribution is 0.371. The maximum absolute atomic E-state index is 13.5. The summed E-state index contributed by atoms with van der Waals surface area (Å²) in [6.07, 6.45) is 8.90. The van der Waals surface area contributed by atoms with Gasteiger partial charge in [-0.15, -0.1) is 12.3 Å². The first-order chi connectivity index (χ1) is 7.72. The van der Waals surface area contributed by atoms with Crippen molar-refractivity contribution in [1.29, 1.82) is 0 Å². The highest BCUT2D eigenvalue weighted by Gasteiger charge is 2.24. The summed E-state index contributed by atoms with van der Waals surface area (Å²) in [5, 5.41) is 0. The molecule has 0 heterocycles. The largest absolute Gasteiger partial charge is 0.204 e. The Morgan fingerprint density at radius 2 is 1.81 bits per heavy atom. The van der Waals surface area contributed by atoms with Crippen molar-refractivity contribution in [2.24, 2.45) is 5.92 Å². The van der Waals surface area contributed by atoms with E-state index in [9.17, 15) is 8.78 Å². The lowest BCUT2D eigenvalue weighted by Crippen LogP contribution is -2.13. The van der Waals surface area contributed by atoms with E-state index in [0.717, 1.165) is 31.7 Å². The fourth-order valence-corrected chi connectivity index (χ4v) is 2.41. The number of hydrogen-bond acceptors (Lipinski definition) is 0. The van der Waals surface area contributed by atoms with E-state index >= 15 is 0 Å². The fourth-order valence-electron chi connectivity index (χ4n) is 2.41. The van der Waals surface area contributed by atoms with Gasteiger partial charge >= 0.3 is 0 Å². The Morgan fingerprint density at radius 3 is 2.44 bits per heavy atom. The van der Waals surface area contributed by atoms with Crippen LogP contribution in [-0.4, -0.2) is 0 Å². The smallest absolute Gasteiger partial charge is 0.162 e. The monoisotopic (exact) mass is 220 g/mol. The first-order valence-electron chi connectivity index (χ1n) is 5.62. The van der Waals surface area contributed by atoms with Gasteiger partial charge in [0.15, 0.2) is 11.6 Å². The minimum atomic E-state index is -0.753. The van der Waals surface area contributed by atoms with Crippen molar-refractivity contribution in [2.75, 3.05) is 0 Å². The van der Waals surface area contributed by atoms with Gasteiger partial charge in [0.1, 0.15) is 0 Å². The average molecular weight is 220 g/mol. The highest BCUT2D eigenvalue weighted by Crippen LogP contribution is 2.36. The lowest BCUT2D eigenvalue weighted by atomic mass is 9.79. The Hall–Kier alpha value is -1.36. The summed E-state index contributed by atoms with van der Waals surface area (Å²) in [6.45, 7) is 0. The van der Waals surface area contributed by atoms with Crippen molar-refractivity contribution in [2.45, 2.75) is 31.6 Å². The Balaban J connectivity index is 2.15. The molecule has 0 aromatic heterocycles. The van der Waals surface area contributed by atoms with Crippen molar-refractivity contribution < 1.29 is 8.78 Å². The van der Waals surface area contributed by atoms with E-state index in [4.69, 9.17) is 6.42 Å². The standard InChI is InChI=1S/C14H14F2/c1-2-10-6-8-11(9-7-10)12-4-3-5-13(15)14(12)16/h1,3-5,10-11H,6-9H2. The molecule has 1 saturated carbocycles. The van der Waals surface area contributed by atoms with Gasteiger partial charge in [-0.25, -0.2) is 8.78 Å². The van der Waals surface area contributed by atoms with Crippen molar-refractivity contribution in [1.82, 2.24) is 0 Å². The van der Waals surface area contributed by atoms with E-state index in [-0.39, 0.29) is 5.92 Å². The third kappa shape index (κ3) is 2.09. The maximum Gasteiger partial charge on any atom is 0.162 e. The molecule has 2 rings (SSSR count). The van der Waals surface area contributed by atoms with Gasteiger partial charge in [0.05, 0.1) is 0 Å². The van der Waals surface area contributed by atoms with E-state index in [0.29, 0.717) is 11.5 Å². The van der Waals surface area contributed by atoms with Crippen LogP contribution in [0.3, 0.4) is 0 Å². The average Bonchev–Trinajstić information content (AvgIpc) is 2.33. The van der Waals surface area contributed by atoms with Gasteiger partial charge in [-0.1, -0.05) is 12.1 Å². The normalized spacial score (nSPS) is 25.1. The summed E-state index contributed by atoms with van der Waals surface area (Å²) in [7, 11) is 0. The lowest BCUT2D eigenvalue weighted by Gasteiger charge is -2.26. The van der Waals surface area contributed by atoms with Crippen LogP contribution < -0.4 is 0 Å². The number of hydrogen-bond donors (Lipinski definition) is 0. The molecule has 0 nitrogen and oxygen atoms in total. The van der Waals surface area contributed by atoms with Crippen molar-refractivity contribution in [3.63, 3.8) is 0 Å². The number of rotatable bonds is 1. The van der Waals surface area contributed by atoms with E-state index in [1.54, 1.807) is 12.1 Å². The van der Waals surface area contributed by atoms with Gasteiger partial charge in [-0.05, 0) is 43.2 Å². The van der Waals surface area contributed by atoms with Crippen LogP contribution in [0.5, 0.6) is 0 Å². The summed E-state index contributed by atoms with van der Waals surface area (Å²) in [5.41, 5.74) is 0.510. The van der Waals surface area contributed by atoms with Crippen LogP contribution in [0, 0.1) is 29.9 Å². The first kappa shape index (κ1) is 11.1. The molecule has 1 aliphatic carbocycles. The molecule has 0 bridgehead atoms. The minimum Gasteiger partial charge on any atom is -0.204 e. The van der Waals surface area contributed by atoms with Crippen LogP contribution in [0.15, 0.2) is 18.2 Å². The molecule has 0 N–H and O–H groups in total. The Bertz CT molecular complexity index is 409. The molecule has 84 valence electrons. The summed E-state index contributed by atoms with van der Waals surface area (Å²) >= 11 is 0. The Kier molecular flexibility index (Phi) is 3.24. The second-order valence-corrected chi connectivity index (χ2v) is 4.36. The summed E-state index contributed by atoms with van der Waals surface area (Å²) < 4.78 is 26.6. The molecule has 2 heteroatoms. The van der Waals surface area contributed by atoms with Crippen LogP contribution >= 0.6 is 0 Å². The van der Waals surface area contributed by atoms with E-state index in [1.165, 1.54) is 0 Å². The predicted octanol–water partition coefficient (Wildman–Crippen LogP) is 3.87. The van der Waals surface area contributed by atoms with Gasteiger partial charge in [-0.3, -0.25) is 0 Å². The van der Waals surface area contributed by atoms with E-state index in [2.05, 4.69) is 5.92 Å². The third-order valence-corrected chi connectivity index (χ3v) is 3.38. The highest BCUT2D eigenvalue weighted by molar-refractivity contribution is 5.23. The second-order valence-electron chi connectivity index (χ2n) is 4.36. The van der Waals surface area contributed by atoms with Gasteiger partial charge < -0.3 is 0 Å². The van der Waals surface area contributed by atoms with Crippen LogP contribution in [0.25, 0.3) is 0 Å². The Morgan fingerprint density at radius 1 is 1.12 bits per heavy atom. The summed E-state index contributed by atoms with van der Waals surface area (Å²) in [5.74, 6) is 1.73. The van der Waals surface area contributed by atoms with Crippen LogP contribution in [-0.2, 0) is 0 Å². The molecule has 0 aliphatic heterocycles. The van der Waals surface area contributed by atoms with Crippen molar-refractivity contribution in [3.05, 3.63) is 35.4 Å². The van der Waals surface area contributed by atoms with Crippen molar-refractivity contribution in [3.8, 4) is 12.3 Å². The summed E-state index contributed by atoms with van der Waals surface area (Å²) in [6, 6.07) is 4.41. The zero-order valence-electron chi connectivity index (χ0n) is 9.05. The summed E-state index contributed by atoms with van der Waals surface area (Å²) in [4.78, 5) is 0. The predicted molar refractivity (Wildman–Crippen MR) is 59.9 cm³/mol. The zero-order valence-corrected chi connectivity index (χ0v) is 9.05. The SMILES string of the molecule is C#CC1CCC(c2cccc(F)c2F)CC1. The molecule has 0 radical (unpaired) electrons.